The molecule has 1 saturated heterocycles. The van der Waals surface area contributed by atoms with E-state index in [0.29, 0.717) is 5.56 Å². The van der Waals surface area contributed by atoms with Gasteiger partial charge >= 0.3 is 6.36 Å². The minimum absolute atomic E-state index is 0. The molecule has 2 atom stereocenters. The van der Waals surface area contributed by atoms with Crippen molar-refractivity contribution < 1.29 is 22.6 Å². The molecular weight excluding hydrogens is 451 g/mol. The third-order valence-electron chi connectivity index (χ3n) is 5.80. The monoisotopic (exact) mass is 477 g/mol. The Morgan fingerprint density at radius 1 is 0.879 bits per heavy atom. The van der Waals surface area contributed by atoms with E-state index < -0.39 is 6.36 Å². The van der Waals surface area contributed by atoms with Crippen LogP contribution in [0.3, 0.4) is 0 Å². The maximum absolute atomic E-state index is 12.6. The van der Waals surface area contributed by atoms with Gasteiger partial charge in [0.15, 0.2) is 0 Å². The number of hydrogen-bond acceptors (Lipinski definition) is 3. The third kappa shape index (κ3) is 6.97. The van der Waals surface area contributed by atoms with Crippen molar-refractivity contribution in [2.45, 2.75) is 31.4 Å². The summed E-state index contributed by atoms with van der Waals surface area (Å²) < 4.78 is 48.0. The average Bonchev–Trinajstić information content (AvgIpc) is 2.79. The SMILES string of the molecule is Cl.FC(F)(F)Oc1cccc(COC2CCNCC2C(c2ccccc2)c2ccccc2)c1. The number of halogens is 4. The Hall–Kier alpha value is -2.54. The van der Waals surface area contributed by atoms with Gasteiger partial charge in [0.05, 0.1) is 12.7 Å². The summed E-state index contributed by atoms with van der Waals surface area (Å²) in [4.78, 5) is 0. The van der Waals surface area contributed by atoms with E-state index in [1.54, 1.807) is 12.1 Å². The molecule has 0 amide bonds. The molecule has 1 heterocycles. The van der Waals surface area contributed by atoms with E-state index >= 15 is 0 Å². The fourth-order valence-corrected chi connectivity index (χ4v) is 4.44. The molecule has 33 heavy (non-hydrogen) atoms. The molecule has 7 heteroatoms. The van der Waals surface area contributed by atoms with Crippen LogP contribution in [0.2, 0.25) is 0 Å². The first-order chi connectivity index (χ1) is 15.5. The Bertz CT molecular complexity index is 946. The highest BCUT2D eigenvalue weighted by molar-refractivity contribution is 5.85. The van der Waals surface area contributed by atoms with Crippen LogP contribution in [0.15, 0.2) is 84.9 Å². The van der Waals surface area contributed by atoms with Gasteiger partial charge in [-0.15, -0.1) is 25.6 Å². The van der Waals surface area contributed by atoms with E-state index in [1.807, 2.05) is 36.4 Å². The first kappa shape index (κ1) is 25.1. The molecule has 0 radical (unpaired) electrons. The normalized spacial score (nSPS) is 18.5. The summed E-state index contributed by atoms with van der Waals surface area (Å²) in [6, 6.07) is 26.7. The number of rotatable bonds is 7. The van der Waals surface area contributed by atoms with Gasteiger partial charge in [-0.25, -0.2) is 0 Å². The predicted octanol–water partition coefficient (Wildman–Crippen LogP) is 6.33. The first-order valence-electron chi connectivity index (χ1n) is 10.8. The second-order valence-electron chi connectivity index (χ2n) is 8.00. The Kier molecular flexibility index (Phi) is 8.78. The van der Waals surface area contributed by atoms with E-state index in [1.165, 1.54) is 23.3 Å². The fourth-order valence-electron chi connectivity index (χ4n) is 4.44. The van der Waals surface area contributed by atoms with Gasteiger partial charge in [0.2, 0.25) is 0 Å². The van der Waals surface area contributed by atoms with Gasteiger partial charge in [-0.2, -0.15) is 0 Å². The maximum Gasteiger partial charge on any atom is 0.573 e. The number of nitrogens with one attached hydrogen (secondary N) is 1. The summed E-state index contributed by atoms with van der Waals surface area (Å²) >= 11 is 0. The molecule has 1 aliphatic rings. The van der Waals surface area contributed by atoms with Crippen molar-refractivity contribution in [2.75, 3.05) is 13.1 Å². The Morgan fingerprint density at radius 3 is 2.12 bits per heavy atom. The van der Waals surface area contributed by atoms with Crippen molar-refractivity contribution in [3.05, 3.63) is 102 Å². The molecule has 0 spiro atoms. The van der Waals surface area contributed by atoms with Crippen LogP contribution < -0.4 is 10.1 Å². The lowest BCUT2D eigenvalue weighted by Crippen LogP contribution is -2.44. The lowest BCUT2D eigenvalue weighted by molar-refractivity contribution is -0.274. The number of ether oxygens (including phenoxy) is 2. The highest BCUT2D eigenvalue weighted by atomic mass is 35.5. The summed E-state index contributed by atoms with van der Waals surface area (Å²) in [5, 5.41) is 3.49. The summed E-state index contributed by atoms with van der Waals surface area (Å²) in [6.07, 6.45) is -3.91. The molecule has 3 aromatic carbocycles. The quantitative estimate of drug-likeness (QED) is 0.431. The smallest absolute Gasteiger partial charge is 0.406 e. The van der Waals surface area contributed by atoms with Crippen molar-refractivity contribution >= 4 is 12.4 Å². The molecule has 176 valence electrons. The number of hydrogen-bond donors (Lipinski definition) is 1. The summed E-state index contributed by atoms with van der Waals surface area (Å²) in [5.41, 5.74) is 3.10. The topological polar surface area (TPSA) is 30.5 Å². The molecule has 0 saturated carbocycles. The first-order valence-corrected chi connectivity index (χ1v) is 10.8. The van der Waals surface area contributed by atoms with Crippen molar-refractivity contribution in [3.8, 4) is 5.75 Å². The molecule has 1 aliphatic heterocycles. The van der Waals surface area contributed by atoms with Crippen molar-refractivity contribution in [3.63, 3.8) is 0 Å². The molecule has 0 aliphatic carbocycles. The van der Waals surface area contributed by atoms with E-state index in [4.69, 9.17) is 4.74 Å². The van der Waals surface area contributed by atoms with Gasteiger partial charge in [-0.3, -0.25) is 0 Å². The Morgan fingerprint density at radius 2 is 1.52 bits per heavy atom. The molecule has 1 N–H and O–H groups in total. The van der Waals surface area contributed by atoms with E-state index in [-0.39, 0.29) is 42.7 Å². The van der Waals surface area contributed by atoms with Gasteiger partial charge in [-0.05, 0) is 41.8 Å². The van der Waals surface area contributed by atoms with Crippen molar-refractivity contribution in [1.82, 2.24) is 5.32 Å². The van der Waals surface area contributed by atoms with Crippen LogP contribution in [0.5, 0.6) is 5.75 Å². The average molecular weight is 478 g/mol. The largest absolute Gasteiger partial charge is 0.573 e. The zero-order valence-electron chi connectivity index (χ0n) is 18.0. The van der Waals surface area contributed by atoms with Crippen LogP contribution in [-0.4, -0.2) is 25.6 Å². The minimum atomic E-state index is -4.71. The zero-order chi connectivity index (χ0) is 22.4. The van der Waals surface area contributed by atoms with Crippen molar-refractivity contribution in [2.24, 2.45) is 5.92 Å². The molecule has 1 fully saturated rings. The van der Waals surface area contributed by atoms with E-state index in [0.717, 1.165) is 19.5 Å². The van der Waals surface area contributed by atoms with Crippen LogP contribution in [0, 0.1) is 5.92 Å². The molecule has 4 rings (SSSR count). The minimum Gasteiger partial charge on any atom is -0.406 e. The fraction of sp³-hybridized carbons (Fsp3) is 0.308. The Balaban J connectivity index is 0.00000306. The van der Waals surface area contributed by atoms with Gasteiger partial charge in [0.1, 0.15) is 5.75 Å². The standard InChI is InChI=1S/C26H26F3NO2.ClH/c27-26(28,29)32-22-13-7-8-19(16-22)18-31-24-14-15-30-17-23(24)25(20-9-3-1-4-10-20)21-11-5-2-6-12-21;/h1-13,16,23-25,30H,14-15,17-18H2;1H. The van der Waals surface area contributed by atoms with Crippen LogP contribution in [0.4, 0.5) is 13.2 Å². The molecule has 2 unspecified atom stereocenters. The second-order valence-corrected chi connectivity index (χ2v) is 8.00. The summed E-state index contributed by atoms with van der Waals surface area (Å²) in [7, 11) is 0. The maximum atomic E-state index is 12.6. The second kappa shape index (κ2) is 11.5. The molecular formula is C26H27ClF3NO2. The highest BCUT2D eigenvalue weighted by Gasteiger charge is 2.34. The Labute approximate surface area is 198 Å². The number of alkyl halides is 3. The summed E-state index contributed by atoms with van der Waals surface area (Å²) in [5.74, 6) is 0.102. The van der Waals surface area contributed by atoms with Gasteiger partial charge in [-0.1, -0.05) is 72.8 Å². The molecule has 3 aromatic rings. The lowest BCUT2D eigenvalue weighted by Gasteiger charge is -2.38. The summed E-state index contributed by atoms with van der Waals surface area (Å²) in [6.45, 7) is 1.87. The highest BCUT2D eigenvalue weighted by Crippen LogP contribution is 2.37. The van der Waals surface area contributed by atoms with E-state index in [2.05, 4.69) is 34.3 Å². The van der Waals surface area contributed by atoms with Crippen LogP contribution in [0.25, 0.3) is 0 Å². The van der Waals surface area contributed by atoms with Gasteiger partial charge in [0.25, 0.3) is 0 Å². The zero-order valence-corrected chi connectivity index (χ0v) is 18.8. The predicted molar refractivity (Wildman–Crippen MR) is 125 cm³/mol. The van der Waals surface area contributed by atoms with Gasteiger partial charge < -0.3 is 14.8 Å². The molecule has 0 bridgehead atoms. The number of benzene rings is 3. The molecule has 3 nitrogen and oxygen atoms in total. The third-order valence-corrected chi connectivity index (χ3v) is 5.80. The van der Waals surface area contributed by atoms with Crippen LogP contribution in [-0.2, 0) is 11.3 Å². The van der Waals surface area contributed by atoms with Crippen molar-refractivity contribution in [1.29, 1.82) is 0 Å². The van der Waals surface area contributed by atoms with Crippen LogP contribution >= 0.6 is 12.4 Å². The van der Waals surface area contributed by atoms with Crippen LogP contribution in [0.1, 0.15) is 29.0 Å². The number of piperidine rings is 1. The van der Waals surface area contributed by atoms with Gasteiger partial charge in [0, 0.05) is 18.4 Å². The lowest BCUT2D eigenvalue weighted by atomic mass is 9.76. The molecule has 0 aromatic heterocycles. The van der Waals surface area contributed by atoms with E-state index in [9.17, 15) is 13.2 Å².